The van der Waals surface area contributed by atoms with E-state index in [1.807, 2.05) is 0 Å². The molecular formula is C52H32. The molecule has 0 saturated carbocycles. The van der Waals surface area contributed by atoms with E-state index in [1.165, 1.54) is 109 Å². The van der Waals surface area contributed by atoms with Crippen molar-refractivity contribution in [2.24, 2.45) is 0 Å². The first kappa shape index (κ1) is 29.0. The third-order valence-electron chi connectivity index (χ3n) is 11.2. The molecule has 11 rings (SSSR count). The fourth-order valence-electron chi connectivity index (χ4n) is 8.78. The van der Waals surface area contributed by atoms with E-state index >= 15 is 0 Å². The Balaban J connectivity index is 1.04. The van der Waals surface area contributed by atoms with Crippen molar-refractivity contribution in [2.45, 2.75) is 0 Å². The van der Waals surface area contributed by atoms with Crippen molar-refractivity contribution in [2.75, 3.05) is 0 Å². The molecule has 0 nitrogen and oxygen atoms in total. The molecule has 0 spiro atoms. The van der Waals surface area contributed by atoms with Gasteiger partial charge in [0.15, 0.2) is 0 Å². The van der Waals surface area contributed by atoms with E-state index in [-0.39, 0.29) is 0 Å². The van der Waals surface area contributed by atoms with E-state index in [0.29, 0.717) is 0 Å². The van der Waals surface area contributed by atoms with E-state index in [4.69, 9.17) is 0 Å². The van der Waals surface area contributed by atoms with Crippen LogP contribution in [0, 0.1) is 0 Å². The lowest BCUT2D eigenvalue weighted by Crippen LogP contribution is -1.91. The molecule has 0 N–H and O–H groups in total. The van der Waals surface area contributed by atoms with Crippen molar-refractivity contribution in [3.8, 4) is 44.5 Å². The fraction of sp³-hybridized carbons (Fsp3) is 0. The maximum absolute atomic E-state index is 2.37. The van der Waals surface area contributed by atoms with Crippen molar-refractivity contribution in [3.63, 3.8) is 0 Å². The van der Waals surface area contributed by atoms with E-state index in [1.54, 1.807) is 0 Å². The highest BCUT2D eigenvalue weighted by Gasteiger charge is 2.18. The SMILES string of the molecule is c1cc(-c2ccc(-c3ccc4ccc5cccc6ccc3c4c56)cc2)cc(-c2c3ccccc3c(-c3ccc4ccccc4c3)c3ccccc23)c1. The van der Waals surface area contributed by atoms with Crippen LogP contribution in [0.25, 0.3) is 109 Å². The van der Waals surface area contributed by atoms with Crippen molar-refractivity contribution < 1.29 is 0 Å². The molecule has 0 aliphatic heterocycles. The minimum Gasteiger partial charge on any atom is -0.0616 e. The first-order chi connectivity index (χ1) is 25.8. The van der Waals surface area contributed by atoms with Gasteiger partial charge in [-0.3, -0.25) is 0 Å². The van der Waals surface area contributed by atoms with Crippen LogP contribution in [-0.4, -0.2) is 0 Å². The summed E-state index contributed by atoms with van der Waals surface area (Å²) >= 11 is 0. The topological polar surface area (TPSA) is 0 Å². The molecule has 0 unspecified atom stereocenters. The van der Waals surface area contributed by atoms with E-state index < -0.39 is 0 Å². The van der Waals surface area contributed by atoms with E-state index in [2.05, 4.69) is 194 Å². The highest BCUT2D eigenvalue weighted by Crippen LogP contribution is 2.45. The van der Waals surface area contributed by atoms with Crippen molar-refractivity contribution in [3.05, 3.63) is 194 Å². The van der Waals surface area contributed by atoms with Gasteiger partial charge in [-0.2, -0.15) is 0 Å². The molecule has 0 atom stereocenters. The summed E-state index contributed by atoms with van der Waals surface area (Å²) in [5.41, 5.74) is 9.98. The van der Waals surface area contributed by atoms with Gasteiger partial charge in [0.05, 0.1) is 0 Å². The zero-order valence-corrected chi connectivity index (χ0v) is 28.5. The molecular weight excluding hydrogens is 625 g/mol. The van der Waals surface area contributed by atoms with Crippen LogP contribution in [-0.2, 0) is 0 Å². The Morgan fingerprint density at radius 1 is 0.212 bits per heavy atom. The normalized spacial score (nSPS) is 11.8. The Kier molecular flexibility index (Phi) is 6.35. The van der Waals surface area contributed by atoms with Gasteiger partial charge in [-0.1, -0.05) is 182 Å². The zero-order chi connectivity index (χ0) is 34.2. The van der Waals surface area contributed by atoms with Crippen LogP contribution >= 0.6 is 0 Å². The predicted molar refractivity (Wildman–Crippen MR) is 224 cm³/mol. The lowest BCUT2D eigenvalue weighted by Gasteiger charge is -2.18. The van der Waals surface area contributed by atoms with Gasteiger partial charge in [0.2, 0.25) is 0 Å². The molecule has 0 heterocycles. The highest BCUT2D eigenvalue weighted by molar-refractivity contribution is 6.25. The average Bonchev–Trinajstić information content (AvgIpc) is 3.22. The van der Waals surface area contributed by atoms with E-state index in [0.717, 1.165) is 0 Å². The number of rotatable bonds is 4. The summed E-state index contributed by atoms with van der Waals surface area (Å²) < 4.78 is 0. The standard InChI is InChI=1S/C52H32/c1-2-10-39-32-42(26-21-33(39)9-1)51-46-17-5-3-15-44(46)50(45-16-4-6-18-47(45)51)41-14-8-13-40(31-41)34-19-22-35(23-20-34)43-29-27-38-25-24-36-11-7-12-37-28-30-48(43)52(38)49(36)37/h1-32H. The second-order valence-corrected chi connectivity index (χ2v) is 14.0. The molecule has 0 aromatic heterocycles. The van der Waals surface area contributed by atoms with Gasteiger partial charge in [-0.15, -0.1) is 0 Å². The summed E-state index contributed by atoms with van der Waals surface area (Å²) in [6.45, 7) is 0. The summed E-state index contributed by atoms with van der Waals surface area (Å²) in [6.07, 6.45) is 0. The second kappa shape index (κ2) is 11.4. The summed E-state index contributed by atoms with van der Waals surface area (Å²) in [5, 5.41) is 15.5. The molecule has 0 aliphatic rings. The van der Waals surface area contributed by atoms with Crippen LogP contribution in [0.15, 0.2) is 194 Å². The maximum atomic E-state index is 2.37. The Bertz CT molecular complexity index is 3090. The predicted octanol–water partition coefficient (Wildman–Crippen LogP) is 14.7. The monoisotopic (exact) mass is 656 g/mol. The highest BCUT2D eigenvalue weighted by atomic mass is 14.2. The molecule has 0 radical (unpaired) electrons. The molecule has 0 saturated heterocycles. The van der Waals surface area contributed by atoms with Crippen LogP contribution < -0.4 is 0 Å². The smallest absolute Gasteiger partial charge is 0.00206 e. The quantitative estimate of drug-likeness (QED) is 0.131. The van der Waals surface area contributed by atoms with Gasteiger partial charge in [-0.05, 0) is 121 Å². The van der Waals surface area contributed by atoms with Gasteiger partial charge in [0.1, 0.15) is 0 Å². The largest absolute Gasteiger partial charge is 0.0616 e. The molecule has 0 fully saturated rings. The lowest BCUT2D eigenvalue weighted by atomic mass is 9.85. The second-order valence-electron chi connectivity index (χ2n) is 14.0. The van der Waals surface area contributed by atoms with Crippen molar-refractivity contribution >= 4 is 64.6 Å². The molecule has 0 aliphatic carbocycles. The molecule has 11 aromatic carbocycles. The molecule has 0 heteroatoms. The van der Waals surface area contributed by atoms with Crippen molar-refractivity contribution in [1.29, 1.82) is 0 Å². The first-order valence-electron chi connectivity index (χ1n) is 18.1. The number of hydrogen-bond donors (Lipinski definition) is 0. The Hall–Kier alpha value is -6.76. The third-order valence-corrected chi connectivity index (χ3v) is 11.2. The fourth-order valence-corrected chi connectivity index (χ4v) is 8.78. The van der Waals surface area contributed by atoms with Crippen LogP contribution in [0.3, 0.4) is 0 Å². The summed E-state index contributed by atoms with van der Waals surface area (Å²) in [7, 11) is 0. The maximum Gasteiger partial charge on any atom is -0.00206 e. The molecule has 52 heavy (non-hydrogen) atoms. The number of hydrogen-bond acceptors (Lipinski definition) is 0. The van der Waals surface area contributed by atoms with Gasteiger partial charge < -0.3 is 0 Å². The Morgan fingerprint density at radius 3 is 1.37 bits per heavy atom. The van der Waals surface area contributed by atoms with Crippen LogP contribution in [0.4, 0.5) is 0 Å². The van der Waals surface area contributed by atoms with Crippen molar-refractivity contribution in [1.82, 2.24) is 0 Å². The summed E-state index contributed by atoms with van der Waals surface area (Å²) in [5.74, 6) is 0. The third kappa shape index (κ3) is 4.41. The van der Waals surface area contributed by atoms with Gasteiger partial charge in [-0.25, -0.2) is 0 Å². The van der Waals surface area contributed by atoms with Crippen LogP contribution in [0.5, 0.6) is 0 Å². The minimum absolute atomic E-state index is 1.21. The Labute approximate surface area is 302 Å². The van der Waals surface area contributed by atoms with E-state index in [9.17, 15) is 0 Å². The molecule has 240 valence electrons. The molecule has 0 amide bonds. The first-order valence-corrected chi connectivity index (χ1v) is 18.1. The Morgan fingerprint density at radius 2 is 0.673 bits per heavy atom. The van der Waals surface area contributed by atoms with Crippen LogP contribution in [0.2, 0.25) is 0 Å². The van der Waals surface area contributed by atoms with Crippen LogP contribution in [0.1, 0.15) is 0 Å². The summed E-state index contributed by atoms with van der Waals surface area (Å²) in [6, 6.07) is 71.8. The zero-order valence-electron chi connectivity index (χ0n) is 28.5. The lowest BCUT2D eigenvalue weighted by molar-refractivity contribution is 1.60. The van der Waals surface area contributed by atoms with Gasteiger partial charge >= 0.3 is 0 Å². The van der Waals surface area contributed by atoms with Gasteiger partial charge in [0.25, 0.3) is 0 Å². The summed E-state index contributed by atoms with van der Waals surface area (Å²) in [4.78, 5) is 0. The number of benzene rings is 11. The van der Waals surface area contributed by atoms with Gasteiger partial charge in [0, 0.05) is 0 Å². The molecule has 11 aromatic rings. The average molecular weight is 657 g/mol. The minimum atomic E-state index is 1.21. The number of fused-ring (bicyclic) bond motifs is 3. The molecule has 0 bridgehead atoms.